The van der Waals surface area contributed by atoms with E-state index in [1.807, 2.05) is 18.7 Å². The summed E-state index contributed by atoms with van der Waals surface area (Å²) in [6, 6.07) is 2.77. The van der Waals surface area contributed by atoms with Gasteiger partial charge >= 0.3 is 6.03 Å². The van der Waals surface area contributed by atoms with Gasteiger partial charge in [-0.25, -0.2) is 4.79 Å². The first-order valence-corrected chi connectivity index (χ1v) is 7.25. The number of carbonyl (C=O) groups is 1. The lowest BCUT2D eigenvalue weighted by atomic mass is 10.0. The summed E-state index contributed by atoms with van der Waals surface area (Å²) in [5.74, 6) is 0. The van der Waals surface area contributed by atoms with Gasteiger partial charge in [-0.2, -0.15) is 5.26 Å². The first kappa shape index (κ1) is 14.1. The second-order valence-electron chi connectivity index (χ2n) is 6.08. The predicted molar refractivity (Wildman–Crippen MR) is 73.6 cm³/mol. The molecule has 1 saturated carbocycles. The van der Waals surface area contributed by atoms with Crippen LogP contribution in [0.25, 0.3) is 0 Å². The van der Waals surface area contributed by atoms with Gasteiger partial charge < -0.3 is 10.2 Å². The lowest BCUT2D eigenvalue weighted by molar-refractivity contribution is 0.0914. The summed E-state index contributed by atoms with van der Waals surface area (Å²) in [6.45, 7) is 6.84. The van der Waals surface area contributed by atoms with Crippen LogP contribution in [-0.2, 0) is 0 Å². The number of rotatable bonds is 2. The second kappa shape index (κ2) is 5.79. The lowest BCUT2D eigenvalue weighted by Gasteiger charge is -2.40. The number of piperazine rings is 1. The van der Waals surface area contributed by atoms with E-state index in [4.69, 9.17) is 5.26 Å². The van der Waals surface area contributed by atoms with Crippen molar-refractivity contribution in [3.05, 3.63) is 0 Å². The number of amides is 2. The molecule has 0 atom stereocenters. The van der Waals surface area contributed by atoms with Crippen molar-refractivity contribution in [2.45, 2.75) is 51.1 Å². The van der Waals surface area contributed by atoms with Gasteiger partial charge in [-0.1, -0.05) is 12.8 Å². The molecule has 0 aromatic heterocycles. The molecule has 0 radical (unpaired) electrons. The lowest BCUT2D eigenvalue weighted by Crippen LogP contribution is -2.57. The molecule has 0 spiro atoms. The van der Waals surface area contributed by atoms with E-state index >= 15 is 0 Å². The number of nitrogens with one attached hydrogen (secondary N) is 1. The minimum atomic E-state index is -0.436. The van der Waals surface area contributed by atoms with Crippen LogP contribution in [0.1, 0.15) is 39.5 Å². The number of nitriles is 1. The standard InChI is InChI=1S/C14H24N4O/c1-14(2,11-15)18-9-7-17(8-10-18)13(19)16-12-5-3-4-6-12/h12H,3-10H2,1-2H3,(H,16,19). The monoisotopic (exact) mass is 264 g/mol. The van der Waals surface area contributed by atoms with Crippen LogP contribution in [0.2, 0.25) is 0 Å². The van der Waals surface area contributed by atoms with Crippen LogP contribution >= 0.6 is 0 Å². The fourth-order valence-corrected chi connectivity index (χ4v) is 2.88. The predicted octanol–water partition coefficient (Wildman–Crippen LogP) is 1.56. The quantitative estimate of drug-likeness (QED) is 0.823. The third-order valence-electron chi connectivity index (χ3n) is 4.31. The minimum Gasteiger partial charge on any atom is -0.335 e. The summed E-state index contributed by atoms with van der Waals surface area (Å²) in [5, 5.41) is 12.2. The normalized spacial score (nSPS) is 22.3. The molecule has 1 aliphatic heterocycles. The van der Waals surface area contributed by atoms with Gasteiger partial charge in [0.05, 0.1) is 6.07 Å². The Labute approximate surface area is 115 Å². The van der Waals surface area contributed by atoms with Gasteiger partial charge in [0.25, 0.3) is 0 Å². The van der Waals surface area contributed by atoms with E-state index < -0.39 is 5.54 Å². The highest BCUT2D eigenvalue weighted by Gasteiger charge is 2.31. The third kappa shape index (κ3) is 3.38. The molecule has 2 fully saturated rings. The Morgan fingerprint density at radius 3 is 2.32 bits per heavy atom. The van der Waals surface area contributed by atoms with Crippen molar-refractivity contribution in [2.75, 3.05) is 26.2 Å². The summed E-state index contributed by atoms with van der Waals surface area (Å²) in [6.07, 6.45) is 4.70. The fourth-order valence-electron chi connectivity index (χ4n) is 2.88. The molecule has 2 aliphatic rings. The highest BCUT2D eigenvalue weighted by atomic mass is 16.2. The van der Waals surface area contributed by atoms with Crippen molar-refractivity contribution < 1.29 is 4.79 Å². The Balaban J connectivity index is 1.79. The summed E-state index contributed by atoms with van der Waals surface area (Å²) in [7, 11) is 0. The Bertz CT molecular complexity index is 360. The Hall–Kier alpha value is -1.28. The van der Waals surface area contributed by atoms with Crippen molar-refractivity contribution in [1.82, 2.24) is 15.1 Å². The summed E-state index contributed by atoms with van der Waals surface area (Å²) >= 11 is 0. The molecule has 2 rings (SSSR count). The van der Waals surface area contributed by atoms with Crippen LogP contribution in [0, 0.1) is 11.3 Å². The van der Waals surface area contributed by atoms with Crippen LogP contribution in [0.15, 0.2) is 0 Å². The molecule has 1 N–H and O–H groups in total. The Morgan fingerprint density at radius 2 is 1.79 bits per heavy atom. The van der Waals surface area contributed by atoms with E-state index in [1.165, 1.54) is 12.8 Å². The van der Waals surface area contributed by atoms with Crippen molar-refractivity contribution in [2.24, 2.45) is 0 Å². The largest absolute Gasteiger partial charge is 0.335 e. The molecule has 106 valence electrons. The minimum absolute atomic E-state index is 0.0707. The van der Waals surface area contributed by atoms with Gasteiger partial charge in [0.2, 0.25) is 0 Å². The fraction of sp³-hybridized carbons (Fsp3) is 0.857. The molecule has 2 amide bonds. The summed E-state index contributed by atoms with van der Waals surface area (Å²) in [5.41, 5.74) is -0.436. The van der Waals surface area contributed by atoms with Crippen LogP contribution in [0.4, 0.5) is 4.79 Å². The molecule has 0 aromatic rings. The first-order valence-electron chi connectivity index (χ1n) is 7.25. The number of nitrogens with zero attached hydrogens (tertiary/aromatic N) is 3. The maximum atomic E-state index is 12.1. The van der Waals surface area contributed by atoms with Crippen LogP contribution in [0.3, 0.4) is 0 Å². The molecule has 5 heteroatoms. The Kier molecular flexibility index (Phi) is 4.31. The number of urea groups is 1. The zero-order valence-corrected chi connectivity index (χ0v) is 12.0. The third-order valence-corrected chi connectivity index (χ3v) is 4.31. The van der Waals surface area contributed by atoms with E-state index in [9.17, 15) is 4.79 Å². The van der Waals surface area contributed by atoms with E-state index in [2.05, 4.69) is 16.3 Å². The molecule has 1 aliphatic carbocycles. The van der Waals surface area contributed by atoms with Gasteiger partial charge in [0.1, 0.15) is 5.54 Å². The Morgan fingerprint density at radius 1 is 1.21 bits per heavy atom. The average Bonchev–Trinajstić information content (AvgIpc) is 2.91. The molecule has 0 unspecified atom stereocenters. The van der Waals surface area contributed by atoms with Crippen molar-refractivity contribution >= 4 is 6.03 Å². The number of hydrogen-bond acceptors (Lipinski definition) is 3. The topological polar surface area (TPSA) is 59.4 Å². The molecule has 19 heavy (non-hydrogen) atoms. The number of carbonyl (C=O) groups excluding carboxylic acids is 1. The maximum Gasteiger partial charge on any atom is 0.317 e. The molecule has 5 nitrogen and oxygen atoms in total. The highest BCUT2D eigenvalue weighted by Crippen LogP contribution is 2.19. The smallest absolute Gasteiger partial charge is 0.317 e. The molecular formula is C14H24N4O. The molecule has 0 aromatic carbocycles. The zero-order chi connectivity index (χ0) is 13.9. The second-order valence-corrected chi connectivity index (χ2v) is 6.08. The van der Waals surface area contributed by atoms with Gasteiger partial charge in [-0.15, -0.1) is 0 Å². The van der Waals surface area contributed by atoms with Crippen molar-refractivity contribution in [3.63, 3.8) is 0 Å². The molecular weight excluding hydrogens is 240 g/mol. The van der Waals surface area contributed by atoms with E-state index in [1.54, 1.807) is 0 Å². The summed E-state index contributed by atoms with van der Waals surface area (Å²) in [4.78, 5) is 16.1. The van der Waals surface area contributed by atoms with Crippen LogP contribution in [-0.4, -0.2) is 53.6 Å². The van der Waals surface area contributed by atoms with Crippen LogP contribution < -0.4 is 5.32 Å². The van der Waals surface area contributed by atoms with E-state index in [0.29, 0.717) is 19.1 Å². The van der Waals surface area contributed by atoms with Crippen molar-refractivity contribution in [1.29, 1.82) is 5.26 Å². The van der Waals surface area contributed by atoms with E-state index in [-0.39, 0.29) is 6.03 Å². The highest BCUT2D eigenvalue weighted by molar-refractivity contribution is 5.74. The molecule has 1 heterocycles. The molecule has 0 bridgehead atoms. The van der Waals surface area contributed by atoms with Gasteiger partial charge in [0.15, 0.2) is 0 Å². The van der Waals surface area contributed by atoms with Crippen molar-refractivity contribution in [3.8, 4) is 6.07 Å². The average molecular weight is 264 g/mol. The van der Waals surface area contributed by atoms with Gasteiger partial charge in [0, 0.05) is 32.2 Å². The van der Waals surface area contributed by atoms with Crippen LogP contribution in [0.5, 0.6) is 0 Å². The molecule has 1 saturated heterocycles. The SMILES string of the molecule is CC(C)(C#N)N1CCN(C(=O)NC2CCCC2)CC1. The summed E-state index contributed by atoms with van der Waals surface area (Å²) < 4.78 is 0. The van der Waals surface area contributed by atoms with E-state index in [0.717, 1.165) is 25.9 Å². The van der Waals surface area contributed by atoms with Gasteiger partial charge in [-0.3, -0.25) is 4.90 Å². The zero-order valence-electron chi connectivity index (χ0n) is 12.0. The maximum absolute atomic E-state index is 12.1. The first-order chi connectivity index (χ1) is 9.03. The van der Waals surface area contributed by atoms with Gasteiger partial charge in [-0.05, 0) is 26.7 Å². The number of hydrogen-bond donors (Lipinski definition) is 1.